The lowest BCUT2D eigenvalue weighted by Crippen LogP contribution is -2.31. The van der Waals surface area contributed by atoms with Gasteiger partial charge in [0.15, 0.2) is 5.65 Å². The Hall–Kier alpha value is -3.47. The van der Waals surface area contributed by atoms with Crippen LogP contribution in [-0.4, -0.2) is 23.0 Å². The minimum atomic E-state index is -4.40. The van der Waals surface area contributed by atoms with Gasteiger partial charge in [-0.15, -0.1) is 10.2 Å². The summed E-state index contributed by atoms with van der Waals surface area (Å²) < 4.78 is 83.5. The van der Waals surface area contributed by atoms with Crippen LogP contribution in [0.25, 0.3) is 5.65 Å². The van der Waals surface area contributed by atoms with E-state index >= 15 is 0 Å². The molecule has 0 radical (unpaired) electrons. The van der Waals surface area contributed by atoms with E-state index in [2.05, 4.69) is 10.2 Å². The van der Waals surface area contributed by atoms with Gasteiger partial charge in [0, 0.05) is 18.3 Å². The number of anilines is 1. The van der Waals surface area contributed by atoms with Crippen LogP contribution in [0.2, 0.25) is 0 Å². The van der Waals surface area contributed by atoms with Gasteiger partial charge in [0.1, 0.15) is 34.5 Å². The summed E-state index contributed by atoms with van der Waals surface area (Å²) in [4.78, 5) is -0.239. The van der Waals surface area contributed by atoms with E-state index in [1.807, 2.05) is 0 Å². The highest BCUT2D eigenvalue weighted by atomic mass is 32.2. The number of nitrogens with zero attached hydrogens (tertiary/aromatic N) is 4. The van der Waals surface area contributed by atoms with Gasteiger partial charge < -0.3 is 0 Å². The van der Waals surface area contributed by atoms with E-state index in [4.69, 9.17) is 0 Å². The van der Waals surface area contributed by atoms with E-state index < -0.39 is 39.8 Å². The fourth-order valence-corrected chi connectivity index (χ4v) is 4.40. The van der Waals surface area contributed by atoms with Gasteiger partial charge in [-0.1, -0.05) is 0 Å². The number of hydrogen-bond donors (Lipinski definition) is 0. The molecule has 0 N–H and O–H groups in total. The van der Waals surface area contributed by atoms with Crippen LogP contribution in [0.1, 0.15) is 5.56 Å². The number of fused-ring (bicyclic) bond motifs is 1. The first-order chi connectivity index (χ1) is 14.2. The maximum absolute atomic E-state index is 13.8. The first kappa shape index (κ1) is 19.8. The van der Waals surface area contributed by atoms with Crippen LogP contribution < -0.4 is 4.31 Å². The molecule has 4 rings (SSSR count). The minimum absolute atomic E-state index is 0.0499. The van der Waals surface area contributed by atoms with E-state index in [0.717, 1.165) is 24.3 Å². The van der Waals surface area contributed by atoms with Crippen molar-refractivity contribution >= 4 is 21.4 Å². The lowest BCUT2D eigenvalue weighted by Gasteiger charge is -2.25. The van der Waals surface area contributed by atoms with Crippen LogP contribution in [0, 0.1) is 23.3 Å². The van der Waals surface area contributed by atoms with Crippen LogP contribution in [0.3, 0.4) is 0 Å². The van der Waals surface area contributed by atoms with Gasteiger partial charge in [0.05, 0.1) is 12.2 Å². The zero-order valence-corrected chi connectivity index (χ0v) is 15.8. The van der Waals surface area contributed by atoms with E-state index in [0.29, 0.717) is 22.1 Å². The van der Waals surface area contributed by atoms with Crippen molar-refractivity contribution in [2.24, 2.45) is 0 Å². The molecule has 2 aromatic carbocycles. The van der Waals surface area contributed by atoms with E-state index in [1.54, 1.807) is 0 Å². The zero-order chi connectivity index (χ0) is 21.5. The highest BCUT2D eigenvalue weighted by Crippen LogP contribution is 2.28. The molecule has 154 valence electrons. The molecule has 0 fully saturated rings. The molecule has 0 atom stereocenters. The second-order valence-corrected chi connectivity index (χ2v) is 8.24. The monoisotopic (exact) mass is 436 g/mol. The third-order valence-electron chi connectivity index (χ3n) is 4.24. The van der Waals surface area contributed by atoms with Crippen molar-refractivity contribution in [1.82, 2.24) is 14.6 Å². The van der Waals surface area contributed by atoms with Gasteiger partial charge in [-0.05, 0) is 42.0 Å². The number of benzene rings is 2. The Morgan fingerprint density at radius 1 is 0.867 bits per heavy atom. The predicted octanol–water partition coefficient (Wildman–Crippen LogP) is 3.68. The molecule has 0 spiro atoms. The molecule has 2 heterocycles. The summed E-state index contributed by atoms with van der Waals surface area (Å²) >= 11 is 0. The maximum atomic E-state index is 13.8. The Bertz CT molecular complexity index is 1320. The molecule has 11 heteroatoms. The predicted molar refractivity (Wildman–Crippen MR) is 99.1 cm³/mol. The topological polar surface area (TPSA) is 67.6 Å². The van der Waals surface area contributed by atoms with Crippen molar-refractivity contribution in [3.05, 3.63) is 89.9 Å². The molecular formula is C19H12F4N4O2S. The van der Waals surface area contributed by atoms with Crippen molar-refractivity contribution in [3.8, 4) is 0 Å². The second-order valence-electron chi connectivity index (χ2n) is 6.38. The first-order valence-corrected chi connectivity index (χ1v) is 9.89. The Morgan fingerprint density at radius 3 is 2.10 bits per heavy atom. The number of hydrogen-bond acceptors (Lipinski definition) is 4. The molecule has 0 saturated heterocycles. The molecule has 6 nitrogen and oxygen atoms in total. The van der Waals surface area contributed by atoms with Crippen LogP contribution in [0.15, 0.2) is 66.0 Å². The second kappa shape index (κ2) is 7.41. The normalized spacial score (nSPS) is 11.7. The van der Waals surface area contributed by atoms with Gasteiger partial charge in [0.25, 0.3) is 10.0 Å². The van der Waals surface area contributed by atoms with E-state index in [9.17, 15) is 26.0 Å². The molecule has 30 heavy (non-hydrogen) atoms. The first-order valence-electron chi connectivity index (χ1n) is 8.45. The van der Waals surface area contributed by atoms with Gasteiger partial charge in [-0.2, -0.15) is 0 Å². The van der Waals surface area contributed by atoms with E-state index in [-0.39, 0.29) is 16.1 Å². The number of pyridine rings is 1. The third-order valence-corrected chi connectivity index (χ3v) is 5.99. The Morgan fingerprint density at radius 2 is 1.47 bits per heavy atom. The number of aromatic nitrogens is 3. The molecule has 0 aliphatic rings. The standard InChI is InChI=1S/C19H12F4N4O2S/c20-13-3-12(4-14(21)5-13)9-27(17-7-15(22)6-16(23)8-17)30(28,29)18-1-2-19-25-24-11-26(19)10-18/h1-8,10-11H,9H2. The van der Waals surface area contributed by atoms with Crippen LogP contribution >= 0.6 is 0 Å². The SMILES string of the molecule is O=S(=O)(c1ccc2nncn2c1)N(Cc1cc(F)cc(F)c1)c1cc(F)cc(F)c1. The molecule has 0 bridgehead atoms. The Balaban J connectivity index is 1.86. The summed E-state index contributed by atoms with van der Waals surface area (Å²) in [6, 6.07) is 7.35. The minimum Gasteiger partial charge on any atom is -0.288 e. The Labute approximate surface area is 168 Å². The summed E-state index contributed by atoms with van der Waals surface area (Å²) in [5, 5.41) is 7.44. The molecule has 2 aromatic heterocycles. The molecule has 0 saturated carbocycles. The van der Waals surface area contributed by atoms with Crippen molar-refractivity contribution < 1.29 is 26.0 Å². The van der Waals surface area contributed by atoms with E-state index in [1.165, 1.54) is 29.1 Å². The van der Waals surface area contributed by atoms with Gasteiger partial charge in [-0.3, -0.25) is 8.71 Å². The number of sulfonamides is 1. The highest BCUT2D eigenvalue weighted by Gasteiger charge is 2.27. The summed E-state index contributed by atoms with van der Waals surface area (Å²) in [7, 11) is -4.40. The lowest BCUT2D eigenvalue weighted by atomic mass is 10.2. The van der Waals surface area contributed by atoms with Crippen LogP contribution in [0.4, 0.5) is 23.2 Å². The molecular weight excluding hydrogens is 424 g/mol. The zero-order valence-electron chi connectivity index (χ0n) is 15.0. The summed E-state index contributed by atoms with van der Waals surface area (Å²) in [6.45, 7) is -0.569. The van der Waals surface area contributed by atoms with Crippen LogP contribution in [0.5, 0.6) is 0 Å². The quantitative estimate of drug-likeness (QED) is 0.448. The molecule has 0 aliphatic carbocycles. The fraction of sp³-hybridized carbons (Fsp3) is 0.0526. The summed E-state index contributed by atoms with van der Waals surface area (Å²) in [5.74, 6) is -3.85. The average Bonchev–Trinajstić information content (AvgIpc) is 3.12. The number of rotatable bonds is 5. The lowest BCUT2D eigenvalue weighted by molar-refractivity contribution is 0.573. The van der Waals surface area contributed by atoms with Crippen molar-refractivity contribution in [2.75, 3.05) is 4.31 Å². The smallest absolute Gasteiger partial charge is 0.266 e. The third kappa shape index (κ3) is 3.83. The Kier molecular flexibility index (Phi) is 4.90. The fourth-order valence-electron chi connectivity index (χ4n) is 2.95. The van der Waals surface area contributed by atoms with Gasteiger partial charge in [0.2, 0.25) is 0 Å². The highest BCUT2D eigenvalue weighted by molar-refractivity contribution is 7.92. The average molecular weight is 436 g/mol. The molecule has 0 unspecified atom stereocenters. The molecule has 0 amide bonds. The number of halogens is 4. The largest absolute Gasteiger partial charge is 0.288 e. The van der Waals surface area contributed by atoms with Gasteiger partial charge in [-0.25, -0.2) is 26.0 Å². The van der Waals surface area contributed by atoms with Crippen molar-refractivity contribution in [1.29, 1.82) is 0 Å². The summed E-state index contributed by atoms with van der Waals surface area (Å²) in [6.07, 6.45) is 2.50. The molecule has 4 aromatic rings. The van der Waals surface area contributed by atoms with Gasteiger partial charge >= 0.3 is 0 Å². The van der Waals surface area contributed by atoms with Crippen molar-refractivity contribution in [3.63, 3.8) is 0 Å². The van der Waals surface area contributed by atoms with Crippen molar-refractivity contribution in [2.45, 2.75) is 11.4 Å². The summed E-state index contributed by atoms with van der Waals surface area (Å²) in [5.41, 5.74) is -0.0170. The van der Waals surface area contributed by atoms with Crippen LogP contribution in [-0.2, 0) is 16.6 Å². The molecule has 0 aliphatic heterocycles. The maximum Gasteiger partial charge on any atom is 0.266 e.